The maximum absolute atomic E-state index is 12.5. The molecule has 1 unspecified atom stereocenters. The summed E-state index contributed by atoms with van der Waals surface area (Å²) < 4.78 is 1.92. The van der Waals surface area contributed by atoms with Crippen LogP contribution in [0.1, 0.15) is 68.3 Å². The quantitative estimate of drug-likeness (QED) is 0.631. The second-order valence-corrected chi connectivity index (χ2v) is 8.64. The van der Waals surface area contributed by atoms with Gasteiger partial charge in [0.2, 0.25) is 5.91 Å². The van der Waals surface area contributed by atoms with Crippen LogP contribution >= 0.6 is 0 Å². The van der Waals surface area contributed by atoms with Crippen molar-refractivity contribution in [2.24, 2.45) is 5.73 Å². The Morgan fingerprint density at radius 1 is 1.13 bits per heavy atom. The molecular weight excluding hydrogens is 392 g/mol. The van der Waals surface area contributed by atoms with E-state index in [-0.39, 0.29) is 12.5 Å². The topological polar surface area (TPSA) is 105 Å². The number of aromatic nitrogens is 2. The van der Waals surface area contributed by atoms with Crippen LogP contribution in [0, 0.1) is 0 Å². The molecule has 2 fully saturated rings. The molecule has 0 bridgehead atoms. The van der Waals surface area contributed by atoms with E-state index in [0.717, 1.165) is 43.7 Å². The zero-order valence-electron chi connectivity index (χ0n) is 18.1. The third-order valence-electron chi connectivity index (χ3n) is 6.44. The molecule has 31 heavy (non-hydrogen) atoms. The number of hydrogen-bond acceptors (Lipinski definition) is 5. The smallest absolute Gasteiger partial charge is 0.250 e. The standard InChI is InChI=1S/C23H32N6O2/c1-16-6-4-5-13-28(16)20-10-9-17(14-19(20)23(24)31)25-15-22(30)27-21-11-12-26-29(21)18-7-2-3-8-18/h9-12,14,16,18,25H,2-8,13,15H2,1H3,(H2,24,31)(H,27,30). The number of rotatable bonds is 7. The molecule has 0 radical (unpaired) electrons. The van der Waals surface area contributed by atoms with E-state index in [9.17, 15) is 9.59 Å². The second kappa shape index (κ2) is 9.41. The summed E-state index contributed by atoms with van der Waals surface area (Å²) >= 11 is 0. The molecule has 1 aromatic heterocycles. The van der Waals surface area contributed by atoms with Crippen LogP contribution < -0.4 is 21.3 Å². The Balaban J connectivity index is 1.40. The Bertz CT molecular complexity index is 934. The highest BCUT2D eigenvalue weighted by Gasteiger charge is 2.23. The number of piperidine rings is 1. The van der Waals surface area contributed by atoms with Crippen LogP contribution in [0.2, 0.25) is 0 Å². The molecule has 2 amide bonds. The molecule has 1 saturated carbocycles. The fraction of sp³-hybridized carbons (Fsp3) is 0.522. The van der Waals surface area contributed by atoms with E-state index in [1.165, 1.54) is 19.3 Å². The van der Waals surface area contributed by atoms with Gasteiger partial charge in [0.05, 0.1) is 24.3 Å². The monoisotopic (exact) mass is 424 g/mol. The Labute approximate surface area is 183 Å². The van der Waals surface area contributed by atoms with E-state index in [4.69, 9.17) is 5.73 Å². The molecule has 2 aromatic rings. The Hall–Kier alpha value is -3.03. The Morgan fingerprint density at radius 2 is 1.90 bits per heavy atom. The SMILES string of the molecule is CC1CCCCN1c1ccc(NCC(=O)Nc2ccnn2C2CCCC2)cc1C(N)=O. The molecule has 2 heterocycles. The van der Waals surface area contributed by atoms with Crippen molar-refractivity contribution in [3.8, 4) is 0 Å². The summed E-state index contributed by atoms with van der Waals surface area (Å²) in [6, 6.07) is 8.14. The molecular formula is C23H32N6O2. The molecule has 166 valence electrons. The largest absolute Gasteiger partial charge is 0.376 e. The van der Waals surface area contributed by atoms with Gasteiger partial charge in [-0.2, -0.15) is 5.10 Å². The average molecular weight is 425 g/mol. The number of anilines is 3. The van der Waals surface area contributed by atoms with Gasteiger partial charge in [-0.05, 0) is 57.2 Å². The number of benzene rings is 1. The predicted octanol–water partition coefficient (Wildman–Crippen LogP) is 3.53. The van der Waals surface area contributed by atoms with Gasteiger partial charge < -0.3 is 21.3 Å². The van der Waals surface area contributed by atoms with Crippen molar-refractivity contribution < 1.29 is 9.59 Å². The summed E-state index contributed by atoms with van der Waals surface area (Å²) in [5.74, 6) is 0.112. The summed E-state index contributed by atoms with van der Waals surface area (Å²) in [5.41, 5.74) is 7.73. The van der Waals surface area contributed by atoms with Crippen molar-refractivity contribution in [1.82, 2.24) is 9.78 Å². The van der Waals surface area contributed by atoms with Crippen molar-refractivity contribution in [2.75, 3.05) is 28.6 Å². The molecule has 8 heteroatoms. The molecule has 4 N–H and O–H groups in total. The highest BCUT2D eigenvalue weighted by molar-refractivity contribution is 6.00. The minimum atomic E-state index is -0.457. The lowest BCUT2D eigenvalue weighted by molar-refractivity contribution is -0.114. The van der Waals surface area contributed by atoms with E-state index in [1.807, 2.05) is 22.9 Å². The summed E-state index contributed by atoms with van der Waals surface area (Å²) in [5, 5.41) is 10.4. The minimum absolute atomic E-state index is 0.0908. The van der Waals surface area contributed by atoms with Crippen LogP contribution in [0.5, 0.6) is 0 Å². The van der Waals surface area contributed by atoms with Gasteiger partial charge in [-0.3, -0.25) is 9.59 Å². The number of carbonyl (C=O) groups is 2. The van der Waals surface area contributed by atoms with E-state index >= 15 is 0 Å². The average Bonchev–Trinajstić information content (AvgIpc) is 3.44. The Morgan fingerprint density at radius 3 is 2.65 bits per heavy atom. The van der Waals surface area contributed by atoms with E-state index in [0.29, 0.717) is 23.3 Å². The lowest BCUT2D eigenvalue weighted by atomic mass is 10.0. The lowest BCUT2D eigenvalue weighted by Gasteiger charge is -2.36. The van der Waals surface area contributed by atoms with Crippen LogP contribution in [0.15, 0.2) is 30.5 Å². The highest BCUT2D eigenvalue weighted by Crippen LogP contribution is 2.31. The van der Waals surface area contributed by atoms with Gasteiger partial charge in [-0.25, -0.2) is 4.68 Å². The lowest BCUT2D eigenvalue weighted by Crippen LogP contribution is -2.38. The zero-order valence-corrected chi connectivity index (χ0v) is 18.1. The highest BCUT2D eigenvalue weighted by atomic mass is 16.2. The van der Waals surface area contributed by atoms with Crippen LogP contribution in [-0.4, -0.2) is 40.7 Å². The number of carbonyl (C=O) groups excluding carboxylic acids is 2. The minimum Gasteiger partial charge on any atom is -0.376 e. The normalized spacial score (nSPS) is 19.4. The number of nitrogens with zero attached hydrogens (tertiary/aromatic N) is 3. The first-order valence-corrected chi connectivity index (χ1v) is 11.3. The first-order chi connectivity index (χ1) is 15.0. The van der Waals surface area contributed by atoms with Gasteiger partial charge in [-0.15, -0.1) is 0 Å². The molecule has 1 atom stereocenters. The fourth-order valence-electron chi connectivity index (χ4n) is 4.77. The van der Waals surface area contributed by atoms with Gasteiger partial charge in [0.1, 0.15) is 5.82 Å². The van der Waals surface area contributed by atoms with E-state index in [1.54, 1.807) is 12.3 Å². The summed E-state index contributed by atoms with van der Waals surface area (Å²) in [4.78, 5) is 26.9. The van der Waals surface area contributed by atoms with Crippen molar-refractivity contribution in [2.45, 2.75) is 64.0 Å². The number of hydrogen-bond donors (Lipinski definition) is 3. The first kappa shape index (κ1) is 21.2. The van der Waals surface area contributed by atoms with Crippen molar-refractivity contribution in [3.63, 3.8) is 0 Å². The van der Waals surface area contributed by atoms with Gasteiger partial charge in [-0.1, -0.05) is 12.8 Å². The van der Waals surface area contributed by atoms with Crippen molar-refractivity contribution in [1.29, 1.82) is 0 Å². The first-order valence-electron chi connectivity index (χ1n) is 11.3. The Kier molecular flexibility index (Phi) is 6.44. The van der Waals surface area contributed by atoms with Gasteiger partial charge in [0.25, 0.3) is 5.91 Å². The summed E-state index contributed by atoms with van der Waals surface area (Å²) in [6.45, 7) is 3.19. The summed E-state index contributed by atoms with van der Waals surface area (Å²) in [6.07, 6.45) is 9.75. The third kappa shape index (κ3) is 4.84. The number of amides is 2. The third-order valence-corrected chi connectivity index (χ3v) is 6.44. The molecule has 1 aromatic carbocycles. The predicted molar refractivity (Wildman–Crippen MR) is 122 cm³/mol. The van der Waals surface area contributed by atoms with Crippen LogP contribution in [0.4, 0.5) is 17.2 Å². The molecule has 1 aliphatic carbocycles. The van der Waals surface area contributed by atoms with Crippen molar-refractivity contribution >= 4 is 29.0 Å². The molecule has 2 aliphatic rings. The van der Waals surface area contributed by atoms with Crippen LogP contribution in [0.3, 0.4) is 0 Å². The maximum Gasteiger partial charge on any atom is 0.250 e. The second-order valence-electron chi connectivity index (χ2n) is 8.64. The molecule has 0 spiro atoms. The molecule has 1 aliphatic heterocycles. The summed E-state index contributed by atoms with van der Waals surface area (Å²) in [7, 11) is 0. The van der Waals surface area contributed by atoms with Gasteiger partial charge in [0, 0.05) is 30.0 Å². The number of nitrogens with one attached hydrogen (secondary N) is 2. The van der Waals surface area contributed by atoms with Crippen LogP contribution in [0.25, 0.3) is 0 Å². The number of nitrogens with two attached hydrogens (primary N) is 1. The fourth-order valence-corrected chi connectivity index (χ4v) is 4.77. The molecule has 4 rings (SSSR count). The number of primary amides is 1. The molecule has 8 nitrogen and oxygen atoms in total. The maximum atomic E-state index is 12.5. The van der Waals surface area contributed by atoms with E-state index in [2.05, 4.69) is 27.6 Å². The molecule has 1 saturated heterocycles. The van der Waals surface area contributed by atoms with Gasteiger partial charge >= 0.3 is 0 Å². The van der Waals surface area contributed by atoms with E-state index < -0.39 is 5.91 Å². The van der Waals surface area contributed by atoms with Gasteiger partial charge in [0.15, 0.2) is 0 Å². The zero-order chi connectivity index (χ0) is 21.8. The van der Waals surface area contributed by atoms with Crippen LogP contribution in [-0.2, 0) is 4.79 Å². The van der Waals surface area contributed by atoms with Crippen molar-refractivity contribution in [3.05, 3.63) is 36.0 Å².